The summed E-state index contributed by atoms with van der Waals surface area (Å²) >= 11 is 1.56. The van der Waals surface area contributed by atoms with Gasteiger partial charge in [0.2, 0.25) is 17.7 Å². The number of hydrogen-bond acceptors (Lipinski definition) is 10. The Bertz CT molecular complexity index is 2030. The molecule has 1 aromatic heterocycles. The van der Waals surface area contributed by atoms with Crippen LogP contribution in [-0.4, -0.2) is 119 Å². The van der Waals surface area contributed by atoms with Gasteiger partial charge >= 0.3 is 0 Å². The van der Waals surface area contributed by atoms with Gasteiger partial charge in [0.05, 0.1) is 11.1 Å². The van der Waals surface area contributed by atoms with Crippen LogP contribution in [-0.2, 0) is 14.4 Å². The van der Waals surface area contributed by atoms with Crippen molar-refractivity contribution in [2.24, 2.45) is 5.92 Å². The average molecular weight is 820 g/mol. The van der Waals surface area contributed by atoms with E-state index in [1.54, 1.807) is 48.4 Å². The van der Waals surface area contributed by atoms with E-state index in [9.17, 15) is 28.8 Å². The number of hydrogen-bond donors (Lipinski definition) is 2. The average Bonchev–Trinajstić information content (AvgIpc) is 3.52. The number of aromatic nitrogens is 1. The number of likely N-dealkylation sites (tertiary alicyclic amines) is 1. The maximum Gasteiger partial charge on any atom is 0.263 e. The molecule has 3 saturated heterocycles. The highest BCUT2D eigenvalue weighted by Gasteiger charge is 2.45. The molecule has 4 aliphatic rings. The Morgan fingerprint density at radius 3 is 2.39 bits per heavy atom. The summed E-state index contributed by atoms with van der Waals surface area (Å²) in [5.74, 6) is -0.514. The predicted molar refractivity (Wildman–Crippen MR) is 227 cm³/mol. The largest absolute Gasteiger partial charge is 0.369 e. The number of fused-ring (bicyclic) bond motifs is 1. The summed E-state index contributed by atoms with van der Waals surface area (Å²) in [6, 6.07) is 16.1. The molecular weight excluding hydrogens is 767 g/mol. The van der Waals surface area contributed by atoms with Crippen molar-refractivity contribution in [1.29, 1.82) is 0 Å². The number of nitrogens with one attached hydrogen (secondary N) is 2. The quantitative estimate of drug-likeness (QED) is 0.0872. The van der Waals surface area contributed by atoms with Crippen LogP contribution in [0.5, 0.6) is 0 Å². The molecule has 2 N–H and O–H groups in total. The third-order valence-electron chi connectivity index (χ3n) is 11.8. The highest BCUT2D eigenvalue weighted by atomic mass is 32.2. The van der Waals surface area contributed by atoms with Crippen molar-refractivity contribution in [3.8, 4) is 0 Å². The van der Waals surface area contributed by atoms with E-state index in [-0.39, 0.29) is 30.6 Å². The first-order valence-electron chi connectivity index (χ1n) is 20.9. The SMILES string of the molecule is O=C(/C=C/c1cccnc1)NCCCCC1CCN(C(=O)c2ccc(N3CCN(CCCCSc4cccc5c4C(=O)N(C4CCC(=O)NC4=O)C5=O)CC3)cc2)CC1. The third kappa shape index (κ3) is 10.6. The number of nitrogens with zero attached hydrogens (tertiary/aromatic N) is 5. The molecule has 1 unspecified atom stereocenters. The first kappa shape index (κ1) is 41.8. The van der Waals surface area contributed by atoms with E-state index in [0.29, 0.717) is 23.6 Å². The number of piperidine rings is 2. The van der Waals surface area contributed by atoms with Crippen LogP contribution in [0, 0.1) is 5.92 Å². The second-order valence-corrected chi connectivity index (χ2v) is 16.8. The lowest BCUT2D eigenvalue weighted by atomic mass is 9.91. The van der Waals surface area contributed by atoms with E-state index in [4.69, 9.17) is 0 Å². The number of pyridine rings is 1. The van der Waals surface area contributed by atoms with Gasteiger partial charge in [-0.15, -0.1) is 11.8 Å². The number of thioether (sulfide) groups is 1. The van der Waals surface area contributed by atoms with Gasteiger partial charge in [0, 0.05) is 86.9 Å². The van der Waals surface area contributed by atoms with Gasteiger partial charge in [-0.25, -0.2) is 0 Å². The number of imide groups is 2. The number of piperazine rings is 1. The standard InChI is InChI=1S/C45H53N7O6S/c53-39(17-11-33-8-6-21-46-31-33)47-22-2-1-7-32-19-24-51(25-20-32)43(56)34-12-14-35(15-13-34)50-28-26-49(27-29-50)23-3-4-30-59-38-10-5-9-36-41(38)45(58)52(44(36)57)37-16-18-40(54)48-42(37)55/h5-6,8-15,17,21,31-32,37H,1-4,7,16,18-20,22-30H2,(H,47,53)(H,48,54,55)/b17-11+. The number of unbranched alkanes of at least 4 members (excludes halogenated alkanes) is 2. The van der Waals surface area contributed by atoms with E-state index in [0.717, 1.165) is 123 Å². The lowest BCUT2D eigenvalue weighted by Crippen LogP contribution is -2.54. The van der Waals surface area contributed by atoms with E-state index < -0.39 is 23.8 Å². The Morgan fingerprint density at radius 2 is 1.64 bits per heavy atom. The minimum atomic E-state index is -0.967. The smallest absolute Gasteiger partial charge is 0.263 e. The fourth-order valence-corrected chi connectivity index (χ4v) is 9.44. The van der Waals surface area contributed by atoms with E-state index in [1.165, 1.54) is 0 Å². The Kier molecular flexibility index (Phi) is 14.2. The molecule has 1 atom stereocenters. The molecule has 59 heavy (non-hydrogen) atoms. The van der Waals surface area contributed by atoms with Crippen molar-refractivity contribution < 1.29 is 28.8 Å². The Labute approximate surface area is 350 Å². The number of carbonyl (C=O) groups is 6. The Balaban J connectivity index is 0.759. The van der Waals surface area contributed by atoms with Crippen LogP contribution in [0.4, 0.5) is 5.69 Å². The minimum absolute atomic E-state index is 0.0909. The normalized spacial score (nSPS) is 19.1. The van der Waals surface area contributed by atoms with Crippen LogP contribution < -0.4 is 15.5 Å². The van der Waals surface area contributed by atoms with Gasteiger partial charge in [-0.05, 0) is 111 Å². The van der Waals surface area contributed by atoms with Crippen LogP contribution in [0.3, 0.4) is 0 Å². The molecule has 0 aliphatic carbocycles. The maximum atomic E-state index is 13.4. The first-order chi connectivity index (χ1) is 28.7. The second kappa shape index (κ2) is 20.1. The fraction of sp³-hybridized carbons (Fsp3) is 0.444. The van der Waals surface area contributed by atoms with Crippen molar-refractivity contribution in [2.45, 2.75) is 68.7 Å². The third-order valence-corrected chi connectivity index (χ3v) is 12.9. The van der Waals surface area contributed by atoms with Crippen LogP contribution in [0.1, 0.15) is 94.4 Å². The number of rotatable bonds is 16. The highest BCUT2D eigenvalue weighted by molar-refractivity contribution is 7.99. The number of carbonyl (C=O) groups excluding carboxylic acids is 6. The summed E-state index contributed by atoms with van der Waals surface area (Å²) in [4.78, 5) is 88.7. The Morgan fingerprint density at radius 1 is 0.847 bits per heavy atom. The highest BCUT2D eigenvalue weighted by Crippen LogP contribution is 2.35. The molecule has 0 radical (unpaired) electrons. The lowest BCUT2D eigenvalue weighted by molar-refractivity contribution is -0.136. The summed E-state index contributed by atoms with van der Waals surface area (Å²) in [7, 11) is 0. The molecule has 0 saturated carbocycles. The van der Waals surface area contributed by atoms with Gasteiger partial charge in [-0.3, -0.25) is 48.9 Å². The van der Waals surface area contributed by atoms with Crippen molar-refractivity contribution in [2.75, 3.05) is 63.0 Å². The monoisotopic (exact) mass is 819 g/mol. The topological polar surface area (TPSA) is 152 Å². The molecule has 13 nitrogen and oxygen atoms in total. The van der Waals surface area contributed by atoms with Crippen LogP contribution in [0.2, 0.25) is 0 Å². The molecule has 4 aliphatic heterocycles. The van der Waals surface area contributed by atoms with Crippen LogP contribution in [0.15, 0.2) is 78.0 Å². The summed E-state index contributed by atoms with van der Waals surface area (Å²) in [6.45, 7) is 6.95. The summed E-state index contributed by atoms with van der Waals surface area (Å²) in [5.41, 5.74) is 3.44. The van der Waals surface area contributed by atoms with E-state index in [2.05, 4.69) is 37.6 Å². The zero-order chi connectivity index (χ0) is 41.1. The van der Waals surface area contributed by atoms with Crippen LogP contribution >= 0.6 is 11.8 Å². The number of benzene rings is 2. The van der Waals surface area contributed by atoms with Crippen LogP contribution in [0.25, 0.3) is 6.08 Å². The van der Waals surface area contributed by atoms with E-state index in [1.807, 2.05) is 35.2 Å². The fourth-order valence-electron chi connectivity index (χ4n) is 8.35. The molecule has 5 heterocycles. The van der Waals surface area contributed by atoms with Crippen molar-refractivity contribution >= 4 is 59.0 Å². The minimum Gasteiger partial charge on any atom is -0.369 e. The molecule has 310 valence electrons. The van der Waals surface area contributed by atoms with Crippen molar-refractivity contribution in [1.82, 2.24) is 30.3 Å². The zero-order valence-electron chi connectivity index (χ0n) is 33.5. The van der Waals surface area contributed by atoms with Gasteiger partial charge in [-0.2, -0.15) is 0 Å². The molecule has 3 aromatic rings. The number of anilines is 1. The first-order valence-corrected chi connectivity index (χ1v) is 21.9. The maximum absolute atomic E-state index is 13.4. The van der Waals surface area contributed by atoms with Gasteiger partial charge < -0.3 is 15.1 Å². The zero-order valence-corrected chi connectivity index (χ0v) is 34.3. The molecule has 6 amide bonds. The van der Waals surface area contributed by atoms with Crippen molar-refractivity contribution in [3.05, 3.63) is 95.3 Å². The molecule has 14 heteroatoms. The molecule has 7 rings (SSSR count). The van der Waals surface area contributed by atoms with E-state index >= 15 is 0 Å². The predicted octanol–water partition coefficient (Wildman–Crippen LogP) is 5.03. The molecular formula is C45H53N7O6S. The number of amides is 6. The Hall–Kier alpha value is -5.34. The molecule has 0 bridgehead atoms. The van der Waals surface area contributed by atoms with Crippen molar-refractivity contribution in [3.63, 3.8) is 0 Å². The van der Waals surface area contributed by atoms with Gasteiger partial charge in [0.25, 0.3) is 17.7 Å². The van der Waals surface area contributed by atoms with Gasteiger partial charge in [0.1, 0.15) is 6.04 Å². The molecule has 3 fully saturated rings. The summed E-state index contributed by atoms with van der Waals surface area (Å²) in [5, 5.41) is 5.20. The van der Waals surface area contributed by atoms with Gasteiger partial charge in [-0.1, -0.05) is 25.0 Å². The summed E-state index contributed by atoms with van der Waals surface area (Å²) < 4.78 is 0. The molecule has 2 aromatic carbocycles. The van der Waals surface area contributed by atoms with Gasteiger partial charge in [0.15, 0.2) is 0 Å². The second-order valence-electron chi connectivity index (χ2n) is 15.7. The lowest BCUT2D eigenvalue weighted by Gasteiger charge is -2.36. The molecule has 0 spiro atoms. The summed E-state index contributed by atoms with van der Waals surface area (Å²) in [6.07, 6.45) is 14.1.